The number of nitrogens with zero attached hydrogens (tertiary/aromatic N) is 1. The van der Waals surface area contributed by atoms with Gasteiger partial charge < -0.3 is 10.2 Å². The van der Waals surface area contributed by atoms with E-state index >= 15 is 0 Å². The Morgan fingerprint density at radius 1 is 1.19 bits per heavy atom. The maximum atomic E-state index is 13.1. The van der Waals surface area contributed by atoms with Crippen molar-refractivity contribution in [2.24, 2.45) is 5.92 Å². The van der Waals surface area contributed by atoms with Gasteiger partial charge in [0.05, 0.1) is 10.3 Å². The van der Waals surface area contributed by atoms with E-state index in [1.807, 2.05) is 12.1 Å². The summed E-state index contributed by atoms with van der Waals surface area (Å²) in [7, 11) is -1.07. The van der Waals surface area contributed by atoms with Gasteiger partial charge in [0.1, 0.15) is 0 Å². The van der Waals surface area contributed by atoms with E-state index in [1.165, 1.54) is 6.26 Å². The molecule has 6 heteroatoms. The molecule has 0 unspecified atom stereocenters. The average Bonchev–Trinajstić information content (AvgIpc) is 2.54. The highest BCUT2D eigenvalue weighted by atomic mass is 32.2. The van der Waals surface area contributed by atoms with Gasteiger partial charge in [0.25, 0.3) is 0 Å². The van der Waals surface area contributed by atoms with Gasteiger partial charge in [0, 0.05) is 12.3 Å². The number of amides is 1. The Labute approximate surface area is 157 Å². The summed E-state index contributed by atoms with van der Waals surface area (Å²) in [5.41, 5.74) is 0.444. The molecule has 1 N–H and O–H groups in total. The Morgan fingerprint density at radius 3 is 2.23 bits per heavy atom. The van der Waals surface area contributed by atoms with Crippen molar-refractivity contribution in [3.63, 3.8) is 0 Å². The number of nitrogens with one attached hydrogen (secondary N) is 1. The van der Waals surface area contributed by atoms with Crippen LogP contribution >= 0.6 is 0 Å². The van der Waals surface area contributed by atoms with Gasteiger partial charge >= 0.3 is 0 Å². The lowest BCUT2D eigenvalue weighted by atomic mass is 9.63. The number of piperidine rings is 1. The molecule has 1 saturated carbocycles. The van der Waals surface area contributed by atoms with Gasteiger partial charge in [-0.1, -0.05) is 18.6 Å². The lowest BCUT2D eigenvalue weighted by Crippen LogP contribution is -2.53. The standard InChI is InChI=1S/C20H30N2O3S/c1-15(16-9-13-22(2)14-10-16)21-19(23)20(11-4-12-20)17-5-7-18(8-6-17)26(3,24)25/h5-8,15-16H,4,9-14H2,1-3H3,(H,21,23)/t15-/m0/s1. The van der Waals surface area contributed by atoms with Crippen LogP contribution in [0.5, 0.6) is 0 Å². The number of hydrogen-bond donors (Lipinski definition) is 1. The molecule has 1 aliphatic heterocycles. The van der Waals surface area contributed by atoms with E-state index in [2.05, 4.69) is 24.2 Å². The molecule has 1 aliphatic carbocycles. The Morgan fingerprint density at radius 2 is 1.77 bits per heavy atom. The zero-order valence-corrected chi connectivity index (χ0v) is 16.8. The van der Waals surface area contributed by atoms with Gasteiger partial charge in [-0.25, -0.2) is 8.42 Å². The van der Waals surface area contributed by atoms with Gasteiger partial charge in [-0.05, 0) is 76.4 Å². The third kappa shape index (κ3) is 3.81. The fourth-order valence-electron chi connectivity index (χ4n) is 4.19. The maximum Gasteiger partial charge on any atom is 0.230 e. The van der Waals surface area contributed by atoms with Crippen molar-refractivity contribution in [3.05, 3.63) is 29.8 Å². The minimum atomic E-state index is -3.22. The molecule has 0 aromatic heterocycles. The van der Waals surface area contributed by atoms with E-state index in [-0.39, 0.29) is 11.9 Å². The van der Waals surface area contributed by atoms with Gasteiger partial charge in [-0.2, -0.15) is 0 Å². The smallest absolute Gasteiger partial charge is 0.230 e. The topological polar surface area (TPSA) is 66.5 Å². The Hall–Kier alpha value is -1.40. The predicted molar refractivity (Wildman–Crippen MR) is 103 cm³/mol. The number of hydrogen-bond acceptors (Lipinski definition) is 4. The van der Waals surface area contributed by atoms with Crippen LogP contribution in [0.4, 0.5) is 0 Å². The summed E-state index contributed by atoms with van der Waals surface area (Å²) in [6.07, 6.45) is 6.14. The Bertz CT molecular complexity index is 746. The number of carbonyl (C=O) groups excluding carboxylic acids is 1. The van der Waals surface area contributed by atoms with Crippen molar-refractivity contribution in [2.45, 2.75) is 55.4 Å². The van der Waals surface area contributed by atoms with Crippen LogP contribution in [-0.4, -0.2) is 51.7 Å². The lowest BCUT2D eigenvalue weighted by Gasteiger charge is -2.42. The molecule has 1 saturated heterocycles. The second kappa shape index (κ2) is 7.31. The largest absolute Gasteiger partial charge is 0.353 e. The molecule has 2 fully saturated rings. The quantitative estimate of drug-likeness (QED) is 0.854. The van der Waals surface area contributed by atoms with Crippen molar-refractivity contribution in [1.29, 1.82) is 0 Å². The molecule has 0 bridgehead atoms. The second-order valence-corrected chi connectivity index (χ2v) is 10.2. The molecule has 5 nitrogen and oxygen atoms in total. The summed E-state index contributed by atoms with van der Waals surface area (Å²) < 4.78 is 23.3. The molecule has 0 radical (unpaired) electrons. The van der Waals surface area contributed by atoms with Crippen LogP contribution in [0.1, 0.15) is 44.6 Å². The summed E-state index contributed by atoms with van der Waals surface area (Å²) >= 11 is 0. The molecule has 1 atom stereocenters. The molecular weight excluding hydrogens is 348 g/mol. The van der Waals surface area contributed by atoms with Crippen molar-refractivity contribution < 1.29 is 13.2 Å². The fourth-order valence-corrected chi connectivity index (χ4v) is 4.82. The monoisotopic (exact) mass is 378 g/mol. The van der Waals surface area contributed by atoms with Crippen LogP contribution in [0.3, 0.4) is 0 Å². The first-order valence-corrected chi connectivity index (χ1v) is 11.4. The van der Waals surface area contributed by atoms with Crippen LogP contribution in [0.2, 0.25) is 0 Å². The van der Waals surface area contributed by atoms with E-state index in [9.17, 15) is 13.2 Å². The third-order valence-corrected chi connectivity index (χ3v) is 7.43. The highest BCUT2D eigenvalue weighted by molar-refractivity contribution is 7.90. The van der Waals surface area contributed by atoms with E-state index in [0.29, 0.717) is 10.8 Å². The van der Waals surface area contributed by atoms with Crippen molar-refractivity contribution in [1.82, 2.24) is 10.2 Å². The van der Waals surface area contributed by atoms with Crippen LogP contribution in [0.15, 0.2) is 29.2 Å². The average molecular weight is 379 g/mol. The van der Waals surface area contributed by atoms with Crippen molar-refractivity contribution in [3.8, 4) is 0 Å². The first kappa shape index (κ1) is 19.4. The zero-order valence-electron chi connectivity index (χ0n) is 16.0. The number of sulfone groups is 1. The molecule has 1 aromatic carbocycles. The molecule has 144 valence electrons. The van der Waals surface area contributed by atoms with Gasteiger partial charge in [-0.3, -0.25) is 4.79 Å². The number of likely N-dealkylation sites (tertiary alicyclic amines) is 1. The lowest BCUT2D eigenvalue weighted by molar-refractivity contribution is -0.131. The van der Waals surface area contributed by atoms with Crippen LogP contribution in [0.25, 0.3) is 0 Å². The van der Waals surface area contributed by atoms with Crippen molar-refractivity contribution in [2.75, 3.05) is 26.4 Å². The normalized spacial score (nSPS) is 22.4. The minimum absolute atomic E-state index is 0.0993. The van der Waals surface area contributed by atoms with Crippen LogP contribution in [-0.2, 0) is 20.0 Å². The highest BCUT2D eigenvalue weighted by Gasteiger charge is 2.46. The summed E-state index contributed by atoms with van der Waals surface area (Å²) in [5.74, 6) is 0.627. The molecule has 3 rings (SSSR count). The molecular formula is C20H30N2O3S. The van der Waals surface area contributed by atoms with Gasteiger partial charge in [0.2, 0.25) is 5.91 Å². The summed E-state index contributed by atoms with van der Waals surface area (Å²) in [5, 5.41) is 3.27. The van der Waals surface area contributed by atoms with Crippen LogP contribution < -0.4 is 5.32 Å². The highest BCUT2D eigenvalue weighted by Crippen LogP contribution is 2.44. The molecule has 1 aromatic rings. The summed E-state index contributed by atoms with van der Waals surface area (Å²) in [6, 6.07) is 7.05. The zero-order chi connectivity index (χ0) is 18.9. The Balaban J connectivity index is 1.72. The van der Waals surface area contributed by atoms with E-state index < -0.39 is 15.3 Å². The fraction of sp³-hybridized carbons (Fsp3) is 0.650. The van der Waals surface area contributed by atoms with E-state index in [4.69, 9.17) is 0 Å². The van der Waals surface area contributed by atoms with Gasteiger partial charge in [-0.15, -0.1) is 0 Å². The third-order valence-electron chi connectivity index (χ3n) is 6.31. The number of benzene rings is 1. The Kier molecular flexibility index (Phi) is 5.45. The number of rotatable bonds is 5. The van der Waals surface area contributed by atoms with E-state index in [0.717, 1.165) is 50.8 Å². The molecule has 1 amide bonds. The SMILES string of the molecule is C[C@H](NC(=O)C1(c2ccc(S(C)(=O)=O)cc2)CCC1)C1CCN(C)CC1. The number of carbonyl (C=O) groups is 1. The summed E-state index contributed by atoms with van der Waals surface area (Å²) in [4.78, 5) is 15.7. The first-order valence-electron chi connectivity index (χ1n) is 9.52. The second-order valence-electron chi connectivity index (χ2n) is 8.14. The van der Waals surface area contributed by atoms with Crippen molar-refractivity contribution >= 4 is 15.7 Å². The molecule has 0 spiro atoms. The minimum Gasteiger partial charge on any atom is -0.353 e. The first-order chi connectivity index (χ1) is 12.2. The van der Waals surface area contributed by atoms with E-state index in [1.54, 1.807) is 12.1 Å². The predicted octanol–water partition coefficient (Wildman–Crippen LogP) is 2.36. The molecule has 2 aliphatic rings. The summed E-state index contributed by atoms with van der Waals surface area (Å²) in [6.45, 7) is 4.29. The van der Waals surface area contributed by atoms with Gasteiger partial charge in [0.15, 0.2) is 9.84 Å². The maximum absolute atomic E-state index is 13.1. The molecule has 1 heterocycles. The molecule has 26 heavy (non-hydrogen) atoms. The van der Waals surface area contributed by atoms with Crippen LogP contribution in [0, 0.1) is 5.92 Å².